The van der Waals surface area contributed by atoms with Crippen LogP contribution in [0.2, 0.25) is 0 Å². The highest BCUT2D eigenvalue weighted by molar-refractivity contribution is 5.88. The lowest BCUT2D eigenvalue weighted by atomic mass is 10.1. The van der Waals surface area contributed by atoms with Gasteiger partial charge in [0.1, 0.15) is 11.8 Å². The second-order valence-corrected chi connectivity index (χ2v) is 7.51. The molecule has 0 radical (unpaired) electrons. The molecule has 0 fully saturated rings. The van der Waals surface area contributed by atoms with Crippen LogP contribution in [0.4, 0.5) is 0 Å². The van der Waals surface area contributed by atoms with Crippen molar-refractivity contribution in [3.63, 3.8) is 0 Å². The van der Waals surface area contributed by atoms with E-state index in [1.54, 1.807) is 4.90 Å². The molecular weight excluding hydrogens is 376 g/mol. The number of carbonyl (C=O) groups is 2. The Bertz CT molecular complexity index is 817. The second kappa shape index (κ2) is 12.0. The molecule has 1 N–H and O–H groups in total. The molecule has 1 atom stereocenters. The van der Waals surface area contributed by atoms with Gasteiger partial charge in [-0.1, -0.05) is 62.7 Å². The van der Waals surface area contributed by atoms with Crippen LogP contribution in [0.15, 0.2) is 48.5 Å². The van der Waals surface area contributed by atoms with Crippen molar-refractivity contribution in [3.05, 3.63) is 65.2 Å². The molecule has 0 aliphatic carbocycles. The summed E-state index contributed by atoms with van der Waals surface area (Å²) in [6, 6.07) is 15.2. The smallest absolute Gasteiger partial charge is 0.261 e. The van der Waals surface area contributed by atoms with Crippen molar-refractivity contribution >= 4 is 11.8 Å². The van der Waals surface area contributed by atoms with Gasteiger partial charge in [0.2, 0.25) is 5.91 Å². The van der Waals surface area contributed by atoms with Gasteiger partial charge in [-0.05, 0) is 49.4 Å². The van der Waals surface area contributed by atoms with Gasteiger partial charge in [-0.3, -0.25) is 9.59 Å². The summed E-state index contributed by atoms with van der Waals surface area (Å²) in [6.45, 7) is 8.92. The van der Waals surface area contributed by atoms with Gasteiger partial charge in [-0.25, -0.2) is 0 Å². The van der Waals surface area contributed by atoms with Gasteiger partial charge in [0.05, 0.1) is 0 Å². The lowest BCUT2D eigenvalue weighted by molar-refractivity contribution is -0.143. The number of hydrogen-bond acceptors (Lipinski definition) is 3. The number of carbonyl (C=O) groups excluding carboxylic acids is 2. The average molecular weight is 411 g/mol. The zero-order valence-corrected chi connectivity index (χ0v) is 18.6. The van der Waals surface area contributed by atoms with Crippen molar-refractivity contribution in [1.82, 2.24) is 10.2 Å². The average Bonchev–Trinajstić information content (AvgIpc) is 2.76. The Balaban J connectivity index is 2.16. The van der Waals surface area contributed by atoms with Gasteiger partial charge in [0.15, 0.2) is 6.61 Å². The fourth-order valence-corrected chi connectivity index (χ4v) is 3.34. The van der Waals surface area contributed by atoms with Gasteiger partial charge in [0.25, 0.3) is 5.91 Å². The minimum absolute atomic E-state index is 0.102. The normalized spacial score (nSPS) is 11.6. The number of rotatable bonds is 11. The molecule has 0 saturated carbocycles. The van der Waals surface area contributed by atoms with Crippen molar-refractivity contribution < 1.29 is 14.3 Å². The Kier molecular flexibility index (Phi) is 9.39. The molecule has 0 spiro atoms. The number of aryl methyl sites for hydroxylation is 2. The standard InChI is InChI=1S/C25H34N2O3/c1-5-15-26-25(29)23(7-3)27(17-21-10-8-9-19(4)16-21)24(28)18-30-22-13-11-20(6-2)12-14-22/h8-14,16,23H,5-7,15,17-18H2,1-4H3,(H,26,29)/t23-/m1/s1. The molecule has 0 aromatic heterocycles. The zero-order chi connectivity index (χ0) is 21.9. The van der Waals surface area contributed by atoms with E-state index in [0.29, 0.717) is 25.3 Å². The van der Waals surface area contributed by atoms with Gasteiger partial charge in [0, 0.05) is 13.1 Å². The van der Waals surface area contributed by atoms with E-state index in [4.69, 9.17) is 4.74 Å². The van der Waals surface area contributed by atoms with E-state index in [2.05, 4.69) is 12.2 Å². The fourth-order valence-electron chi connectivity index (χ4n) is 3.34. The Morgan fingerprint density at radius 1 is 1.03 bits per heavy atom. The lowest BCUT2D eigenvalue weighted by Crippen LogP contribution is -2.50. The Hall–Kier alpha value is -2.82. The summed E-state index contributed by atoms with van der Waals surface area (Å²) in [4.78, 5) is 27.5. The van der Waals surface area contributed by atoms with Gasteiger partial charge >= 0.3 is 0 Å². The minimum Gasteiger partial charge on any atom is -0.484 e. The van der Waals surface area contributed by atoms with Gasteiger partial charge < -0.3 is 15.0 Å². The molecule has 0 unspecified atom stereocenters. The highest BCUT2D eigenvalue weighted by Gasteiger charge is 2.28. The second-order valence-electron chi connectivity index (χ2n) is 7.51. The summed E-state index contributed by atoms with van der Waals surface area (Å²) < 4.78 is 5.74. The van der Waals surface area contributed by atoms with Crippen molar-refractivity contribution in [1.29, 1.82) is 0 Å². The predicted molar refractivity (Wildman–Crippen MR) is 120 cm³/mol. The summed E-state index contributed by atoms with van der Waals surface area (Å²) >= 11 is 0. The number of hydrogen-bond donors (Lipinski definition) is 1. The topological polar surface area (TPSA) is 58.6 Å². The summed E-state index contributed by atoms with van der Waals surface area (Å²) in [5.74, 6) is 0.335. The summed E-state index contributed by atoms with van der Waals surface area (Å²) in [5.41, 5.74) is 3.33. The number of ether oxygens (including phenoxy) is 1. The summed E-state index contributed by atoms with van der Waals surface area (Å²) in [7, 11) is 0. The first kappa shape index (κ1) is 23.5. The SMILES string of the molecule is CCCNC(=O)[C@@H](CC)N(Cc1cccc(C)c1)C(=O)COc1ccc(CC)cc1. The van der Waals surface area contributed by atoms with Crippen LogP contribution in [0, 0.1) is 6.92 Å². The first-order chi connectivity index (χ1) is 14.5. The maximum atomic E-state index is 13.1. The van der Waals surface area contributed by atoms with Crippen LogP contribution in [0.3, 0.4) is 0 Å². The molecule has 5 nitrogen and oxygen atoms in total. The van der Waals surface area contributed by atoms with Crippen LogP contribution in [-0.4, -0.2) is 35.9 Å². The maximum absolute atomic E-state index is 13.1. The predicted octanol–water partition coefficient (Wildman–Crippen LogP) is 4.27. The molecule has 0 bridgehead atoms. The third-order valence-electron chi connectivity index (χ3n) is 5.06. The van der Waals surface area contributed by atoms with Crippen molar-refractivity contribution in [3.8, 4) is 5.75 Å². The molecule has 162 valence electrons. The van der Waals surface area contributed by atoms with E-state index in [0.717, 1.165) is 24.0 Å². The molecule has 0 aliphatic rings. The molecule has 0 heterocycles. The van der Waals surface area contributed by atoms with Crippen molar-refractivity contribution in [2.75, 3.05) is 13.2 Å². The van der Waals surface area contributed by atoms with E-state index >= 15 is 0 Å². The molecule has 2 amide bonds. The lowest BCUT2D eigenvalue weighted by Gasteiger charge is -2.30. The molecule has 2 aromatic carbocycles. The van der Waals surface area contributed by atoms with Gasteiger partial charge in [-0.2, -0.15) is 0 Å². The van der Waals surface area contributed by atoms with E-state index in [9.17, 15) is 9.59 Å². The molecule has 0 saturated heterocycles. The van der Waals surface area contributed by atoms with Crippen LogP contribution in [0.5, 0.6) is 5.75 Å². The maximum Gasteiger partial charge on any atom is 0.261 e. The molecule has 2 aromatic rings. The highest BCUT2D eigenvalue weighted by Crippen LogP contribution is 2.16. The number of amides is 2. The van der Waals surface area contributed by atoms with Crippen molar-refractivity contribution in [2.45, 2.75) is 59.5 Å². The number of nitrogens with one attached hydrogen (secondary N) is 1. The van der Waals surface area contributed by atoms with E-state index in [1.807, 2.05) is 69.3 Å². The molecular formula is C25H34N2O3. The fraction of sp³-hybridized carbons (Fsp3) is 0.440. The van der Waals surface area contributed by atoms with Crippen LogP contribution in [-0.2, 0) is 22.6 Å². The van der Waals surface area contributed by atoms with Gasteiger partial charge in [-0.15, -0.1) is 0 Å². The Morgan fingerprint density at radius 3 is 2.37 bits per heavy atom. The Morgan fingerprint density at radius 2 is 1.77 bits per heavy atom. The number of benzene rings is 2. The zero-order valence-electron chi connectivity index (χ0n) is 18.6. The Labute approximate surface area is 180 Å². The molecule has 5 heteroatoms. The van der Waals surface area contributed by atoms with Crippen LogP contribution in [0.1, 0.15) is 50.3 Å². The van der Waals surface area contributed by atoms with Crippen molar-refractivity contribution in [2.24, 2.45) is 0 Å². The molecule has 2 rings (SSSR count). The third-order valence-corrected chi connectivity index (χ3v) is 5.06. The summed E-state index contributed by atoms with van der Waals surface area (Å²) in [5, 5.41) is 2.93. The van der Waals surface area contributed by atoms with E-state index in [1.165, 1.54) is 5.56 Å². The van der Waals surface area contributed by atoms with Crippen LogP contribution in [0.25, 0.3) is 0 Å². The molecule has 30 heavy (non-hydrogen) atoms. The number of nitrogens with zero attached hydrogens (tertiary/aromatic N) is 1. The van der Waals surface area contributed by atoms with Crippen LogP contribution < -0.4 is 10.1 Å². The third kappa shape index (κ3) is 6.90. The monoisotopic (exact) mass is 410 g/mol. The molecule has 0 aliphatic heterocycles. The quantitative estimate of drug-likeness (QED) is 0.602. The van der Waals surface area contributed by atoms with Crippen LogP contribution >= 0.6 is 0 Å². The van der Waals surface area contributed by atoms with E-state index < -0.39 is 6.04 Å². The highest BCUT2D eigenvalue weighted by atomic mass is 16.5. The largest absolute Gasteiger partial charge is 0.484 e. The first-order valence-electron chi connectivity index (χ1n) is 10.8. The summed E-state index contributed by atoms with van der Waals surface area (Å²) in [6.07, 6.45) is 2.34. The minimum atomic E-state index is -0.532. The first-order valence-corrected chi connectivity index (χ1v) is 10.8. The van der Waals surface area contributed by atoms with E-state index in [-0.39, 0.29) is 18.4 Å².